The first-order valence-corrected chi connectivity index (χ1v) is 8.46. The molecule has 0 fully saturated rings. The van der Waals surface area contributed by atoms with Gasteiger partial charge in [0.1, 0.15) is 17.9 Å². The molecule has 0 saturated carbocycles. The summed E-state index contributed by atoms with van der Waals surface area (Å²) in [5.41, 5.74) is 1.63. The van der Waals surface area contributed by atoms with E-state index in [2.05, 4.69) is 5.32 Å². The maximum Gasteiger partial charge on any atom is 0.420 e. The molecule has 4 rings (SSSR count). The third-order valence-corrected chi connectivity index (χ3v) is 4.42. The number of hydrogen-bond donors (Lipinski definition) is 1. The first kappa shape index (κ1) is 16.5. The fraction of sp³-hybridized carbons (Fsp3) is 0.158. The fourth-order valence-corrected chi connectivity index (χ4v) is 3.07. The average molecular weight is 371 g/mol. The summed E-state index contributed by atoms with van der Waals surface area (Å²) in [5.74, 6) is -0.276. The first-order valence-electron chi connectivity index (χ1n) is 8.08. The fourth-order valence-electron chi connectivity index (χ4n) is 2.91. The highest BCUT2D eigenvalue weighted by atomic mass is 35.5. The molecule has 132 valence electrons. The van der Waals surface area contributed by atoms with Gasteiger partial charge in [-0.2, -0.15) is 0 Å². The topological polar surface area (TPSA) is 77.4 Å². The van der Waals surface area contributed by atoms with Crippen LogP contribution >= 0.6 is 11.6 Å². The van der Waals surface area contributed by atoms with Crippen LogP contribution in [0.3, 0.4) is 0 Å². The van der Waals surface area contributed by atoms with Gasteiger partial charge in [0.05, 0.1) is 11.6 Å². The number of amides is 1. The molecule has 1 atom stereocenters. The lowest BCUT2D eigenvalue weighted by Gasteiger charge is -2.11. The van der Waals surface area contributed by atoms with E-state index >= 15 is 0 Å². The van der Waals surface area contributed by atoms with Crippen molar-refractivity contribution in [1.82, 2.24) is 9.88 Å². The number of nitrogens with one attached hydrogen (secondary N) is 1. The summed E-state index contributed by atoms with van der Waals surface area (Å²) in [6.07, 6.45) is 0. The van der Waals surface area contributed by atoms with Crippen molar-refractivity contribution in [3.8, 4) is 0 Å². The summed E-state index contributed by atoms with van der Waals surface area (Å²) in [6.45, 7) is 1.67. The van der Waals surface area contributed by atoms with E-state index < -0.39 is 5.76 Å². The van der Waals surface area contributed by atoms with Gasteiger partial charge in [-0.3, -0.25) is 9.36 Å². The van der Waals surface area contributed by atoms with Crippen LogP contribution in [0, 0.1) is 0 Å². The second-order valence-electron chi connectivity index (χ2n) is 6.04. The number of aromatic nitrogens is 1. The molecule has 0 spiro atoms. The summed E-state index contributed by atoms with van der Waals surface area (Å²) in [7, 11) is 0. The van der Waals surface area contributed by atoms with Crippen LogP contribution in [-0.2, 0) is 11.3 Å². The number of para-hydroxylation sites is 1. The van der Waals surface area contributed by atoms with Gasteiger partial charge in [0, 0.05) is 16.5 Å². The lowest BCUT2D eigenvalue weighted by Crippen LogP contribution is -2.32. The van der Waals surface area contributed by atoms with Gasteiger partial charge in [0.15, 0.2) is 5.58 Å². The minimum absolute atomic E-state index is 0.155. The van der Waals surface area contributed by atoms with E-state index in [4.69, 9.17) is 20.4 Å². The first-order chi connectivity index (χ1) is 12.5. The molecule has 7 heteroatoms. The number of furan rings is 1. The zero-order chi connectivity index (χ0) is 18.3. The lowest BCUT2D eigenvalue weighted by molar-refractivity contribution is -0.122. The Balaban J connectivity index is 1.53. The summed E-state index contributed by atoms with van der Waals surface area (Å²) >= 11 is 5.90. The summed E-state index contributed by atoms with van der Waals surface area (Å²) in [4.78, 5) is 24.4. The molecular weight excluding hydrogens is 356 g/mol. The Labute approximate surface area is 153 Å². The molecule has 26 heavy (non-hydrogen) atoms. The summed E-state index contributed by atoms with van der Waals surface area (Å²) in [5, 5.41) is 4.27. The smallest absolute Gasteiger partial charge is 0.420 e. The largest absolute Gasteiger partial charge is 0.459 e. The number of nitrogens with zero attached hydrogens (tertiary/aromatic N) is 1. The predicted molar refractivity (Wildman–Crippen MR) is 98.3 cm³/mol. The maximum atomic E-state index is 12.4. The summed E-state index contributed by atoms with van der Waals surface area (Å²) < 4.78 is 12.2. The second kappa shape index (κ2) is 6.38. The number of hydrogen-bond acceptors (Lipinski definition) is 4. The van der Waals surface area contributed by atoms with E-state index in [1.54, 1.807) is 18.2 Å². The molecular formula is C19H15ClN2O4. The van der Waals surface area contributed by atoms with Gasteiger partial charge >= 0.3 is 5.76 Å². The number of benzene rings is 2. The molecule has 0 saturated heterocycles. The van der Waals surface area contributed by atoms with Crippen molar-refractivity contribution in [2.45, 2.75) is 19.5 Å². The van der Waals surface area contributed by atoms with Gasteiger partial charge in [0.2, 0.25) is 5.91 Å². The predicted octanol–water partition coefficient (Wildman–Crippen LogP) is 3.87. The molecule has 0 aliphatic heterocycles. The second-order valence-corrected chi connectivity index (χ2v) is 6.48. The minimum Gasteiger partial charge on any atom is -0.459 e. The normalized spacial score (nSPS) is 12.5. The van der Waals surface area contributed by atoms with Gasteiger partial charge in [-0.25, -0.2) is 4.79 Å². The maximum absolute atomic E-state index is 12.4. The number of rotatable bonds is 4. The van der Waals surface area contributed by atoms with Crippen LogP contribution in [0.15, 0.2) is 62.2 Å². The van der Waals surface area contributed by atoms with Crippen molar-refractivity contribution in [1.29, 1.82) is 0 Å². The Bertz CT molecular complexity index is 1140. The monoisotopic (exact) mass is 370 g/mol. The molecule has 1 N–H and O–H groups in total. The van der Waals surface area contributed by atoms with E-state index in [0.717, 1.165) is 11.0 Å². The highest BCUT2D eigenvalue weighted by molar-refractivity contribution is 6.31. The molecule has 2 heterocycles. The standard InChI is InChI=1S/C19H15ClN2O4/c1-11(16-8-12-4-2-3-5-15(12)25-16)21-18(23)10-22-14-7-6-13(20)9-17(14)26-19(22)24/h2-9,11H,10H2,1H3,(H,21,23)/t11-/m0/s1. The van der Waals surface area contributed by atoms with E-state index in [0.29, 0.717) is 21.9 Å². The number of oxazole rings is 1. The Kier molecular flexibility index (Phi) is 4.05. The molecule has 4 aromatic rings. The SMILES string of the molecule is C[C@H](NC(=O)Cn1c(=O)oc2cc(Cl)ccc21)c1cc2ccccc2o1. The molecule has 0 bridgehead atoms. The van der Waals surface area contributed by atoms with E-state index in [1.165, 1.54) is 4.57 Å². The van der Waals surface area contributed by atoms with E-state index in [1.807, 2.05) is 37.3 Å². The molecule has 0 aliphatic rings. The Morgan fingerprint density at radius 2 is 1.96 bits per heavy atom. The molecule has 0 unspecified atom stereocenters. The Morgan fingerprint density at radius 3 is 2.77 bits per heavy atom. The van der Waals surface area contributed by atoms with Crippen LogP contribution in [0.4, 0.5) is 0 Å². The van der Waals surface area contributed by atoms with Crippen molar-refractivity contribution >= 4 is 39.6 Å². The Hall–Kier alpha value is -2.99. The van der Waals surface area contributed by atoms with Crippen LogP contribution in [-0.4, -0.2) is 10.5 Å². The molecule has 0 radical (unpaired) electrons. The van der Waals surface area contributed by atoms with Crippen LogP contribution < -0.4 is 11.1 Å². The number of fused-ring (bicyclic) bond motifs is 2. The zero-order valence-electron chi connectivity index (χ0n) is 13.9. The third kappa shape index (κ3) is 2.99. The Morgan fingerprint density at radius 1 is 1.15 bits per heavy atom. The molecule has 1 amide bonds. The van der Waals surface area contributed by atoms with Crippen LogP contribution in [0.25, 0.3) is 22.1 Å². The van der Waals surface area contributed by atoms with E-state index in [9.17, 15) is 9.59 Å². The molecule has 2 aromatic heterocycles. The van der Waals surface area contributed by atoms with Crippen LogP contribution in [0.5, 0.6) is 0 Å². The van der Waals surface area contributed by atoms with Gasteiger partial charge in [0.25, 0.3) is 0 Å². The molecule has 2 aromatic carbocycles. The van der Waals surface area contributed by atoms with Crippen molar-refractivity contribution in [3.63, 3.8) is 0 Å². The zero-order valence-corrected chi connectivity index (χ0v) is 14.6. The third-order valence-electron chi connectivity index (χ3n) is 4.18. The van der Waals surface area contributed by atoms with Crippen molar-refractivity contribution in [2.75, 3.05) is 0 Å². The van der Waals surface area contributed by atoms with Crippen molar-refractivity contribution < 1.29 is 13.6 Å². The number of halogens is 1. The van der Waals surface area contributed by atoms with Crippen molar-refractivity contribution in [3.05, 3.63) is 69.9 Å². The van der Waals surface area contributed by atoms with Gasteiger partial charge in [-0.1, -0.05) is 29.8 Å². The highest BCUT2D eigenvalue weighted by Gasteiger charge is 2.17. The highest BCUT2D eigenvalue weighted by Crippen LogP contribution is 2.23. The van der Waals surface area contributed by atoms with Gasteiger partial charge in [-0.05, 0) is 31.2 Å². The minimum atomic E-state index is -0.603. The quantitative estimate of drug-likeness (QED) is 0.591. The molecule has 6 nitrogen and oxygen atoms in total. The van der Waals surface area contributed by atoms with E-state index in [-0.39, 0.29) is 18.5 Å². The van der Waals surface area contributed by atoms with Gasteiger partial charge in [-0.15, -0.1) is 0 Å². The van der Waals surface area contributed by atoms with Gasteiger partial charge < -0.3 is 14.2 Å². The average Bonchev–Trinajstić information content (AvgIpc) is 3.16. The summed E-state index contributed by atoms with van der Waals surface area (Å²) in [6, 6.07) is 14.0. The van der Waals surface area contributed by atoms with Crippen LogP contribution in [0.2, 0.25) is 5.02 Å². The molecule has 0 aliphatic carbocycles. The van der Waals surface area contributed by atoms with Crippen molar-refractivity contribution in [2.24, 2.45) is 0 Å². The number of carbonyl (C=O) groups excluding carboxylic acids is 1. The number of carbonyl (C=O) groups is 1. The lowest BCUT2D eigenvalue weighted by atomic mass is 10.2. The van der Waals surface area contributed by atoms with Crippen LogP contribution in [0.1, 0.15) is 18.7 Å².